The lowest BCUT2D eigenvalue weighted by Gasteiger charge is -2.22. The zero-order valence-corrected chi connectivity index (χ0v) is 13.9. The standard InChI is InChI=1S/C18H21N5O2/c1-2-13(8-14(3-1)10-25-15-4-6-24-7-5-15)9-19-17-16-18(21-11-20-16)23-12-22-17/h1-3,8,11-12,15H,4-7,9-10H2,(H2,19,20,21,22,23). The van der Waals surface area contributed by atoms with Gasteiger partial charge in [0, 0.05) is 19.8 Å². The number of fused-ring (bicyclic) bond motifs is 1. The molecule has 0 unspecified atom stereocenters. The molecule has 130 valence electrons. The number of aromatic nitrogens is 4. The van der Waals surface area contributed by atoms with Crippen molar-refractivity contribution in [1.29, 1.82) is 0 Å². The van der Waals surface area contributed by atoms with Crippen molar-refractivity contribution in [3.63, 3.8) is 0 Å². The Morgan fingerprint density at radius 3 is 2.96 bits per heavy atom. The van der Waals surface area contributed by atoms with Gasteiger partial charge in [-0.3, -0.25) is 0 Å². The Bertz CT molecular complexity index is 829. The van der Waals surface area contributed by atoms with Crippen molar-refractivity contribution >= 4 is 17.0 Å². The fourth-order valence-electron chi connectivity index (χ4n) is 2.97. The topological polar surface area (TPSA) is 85.0 Å². The van der Waals surface area contributed by atoms with E-state index in [1.165, 1.54) is 17.5 Å². The Morgan fingerprint density at radius 1 is 1.16 bits per heavy atom. The Morgan fingerprint density at radius 2 is 2.04 bits per heavy atom. The summed E-state index contributed by atoms with van der Waals surface area (Å²) in [7, 11) is 0. The molecule has 1 saturated heterocycles. The molecule has 0 spiro atoms. The van der Waals surface area contributed by atoms with Gasteiger partial charge in [-0.05, 0) is 24.0 Å². The zero-order valence-electron chi connectivity index (χ0n) is 13.9. The van der Waals surface area contributed by atoms with E-state index in [2.05, 4.69) is 49.5 Å². The highest BCUT2D eigenvalue weighted by Crippen LogP contribution is 2.17. The van der Waals surface area contributed by atoms with E-state index in [1.54, 1.807) is 6.33 Å². The van der Waals surface area contributed by atoms with Gasteiger partial charge in [0.15, 0.2) is 11.5 Å². The molecule has 4 rings (SSSR count). The number of nitrogens with one attached hydrogen (secondary N) is 2. The quantitative estimate of drug-likeness (QED) is 0.718. The molecule has 25 heavy (non-hydrogen) atoms. The van der Waals surface area contributed by atoms with Crippen molar-refractivity contribution in [2.75, 3.05) is 18.5 Å². The van der Waals surface area contributed by atoms with E-state index in [-0.39, 0.29) is 0 Å². The van der Waals surface area contributed by atoms with Crippen LogP contribution in [0.1, 0.15) is 24.0 Å². The number of rotatable bonds is 6. The molecule has 0 saturated carbocycles. The average molecular weight is 339 g/mol. The molecule has 7 heteroatoms. The molecule has 0 aliphatic carbocycles. The molecule has 2 aromatic heterocycles. The van der Waals surface area contributed by atoms with Crippen LogP contribution in [-0.4, -0.2) is 39.3 Å². The summed E-state index contributed by atoms with van der Waals surface area (Å²) in [5, 5.41) is 3.34. The summed E-state index contributed by atoms with van der Waals surface area (Å²) in [6, 6.07) is 8.42. The van der Waals surface area contributed by atoms with Gasteiger partial charge in [-0.15, -0.1) is 0 Å². The highest BCUT2D eigenvalue weighted by Gasteiger charge is 2.14. The van der Waals surface area contributed by atoms with E-state index in [1.807, 2.05) is 0 Å². The molecule has 1 aliphatic heterocycles. The number of hydrogen-bond acceptors (Lipinski definition) is 6. The van der Waals surface area contributed by atoms with E-state index in [4.69, 9.17) is 9.47 Å². The second-order valence-corrected chi connectivity index (χ2v) is 6.12. The Kier molecular flexibility index (Phi) is 4.85. The van der Waals surface area contributed by atoms with Crippen LogP contribution in [-0.2, 0) is 22.6 Å². The van der Waals surface area contributed by atoms with Crippen molar-refractivity contribution in [3.8, 4) is 0 Å². The van der Waals surface area contributed by atoms with Gasteiger partial charge in [-0.2, -0.15) is 0 Å². The first-order valence-electron chi connectivity index (χ1n) is 8.53. The molecule has 0 atom stereocenters. The highest BCUT2D eigenvalue weighted by molar-refractivity contribution is 5.81. The van der Waals surface area contributed by atoms with Crippen LogP contribution in [0.4, 0.5) is 5.82 Å². The number of imidazole rings is 1. The zero-order chi connectivity index (χ0) is 16.9. The Labute approximate surface area is 145 Å². The Hall–Kier alpha value is -2.51. The molecule has 3 aromatic rings. The van der Waals surface area contributed by atoms with Gasteiger partial charge < -0.3 is 19.8 Å². The summed E-state index contributed by atoms with van der Waals surface area (Å²) >= 11 is 0. The van der Waals surface area contributed by atoms with Crippen LogP contribution in [0.15, 0.2) is 36.9 Å². The SMILES string of the molecule is c1cc(CNc2ncnc3nc[nH]c23)cc(COC2CCOCC2)c1. The third-order valence-electron chi connectivity index (χ3n) is 4.33. The molecule has 3 heterocycles. The lowest BCUT2D eigenvalue weighted by molar-refractivity contribution is -0.0390. The summed E-state index contributed by atoms with van der Waals surface area (Å²) in [5.41, 5.74) is 3.84. The van der Waals surface area contributed by atoms with Crippen molar-refractivity contribution in [2.24, 2.45) is 0 Å². The van der Waals surface area contributed by atoms with Crippen LogP contribution in [0, 0.1) is 0 Å². The summed E-state index contributed by atoms with van der Waals surface area (Å²) in [5.74, 6) is 0.756. The summed E-state index contributed by atoms with van der Waals surface area (Å²) < 4.78 is 11.4. The predicted octanol–water partition coefficient (Wildman–Crippen LogP) is 2.66. The van der Waals surface area contributed by atoms with Crippen LogP contribution >= 0.6 is 0 Å². The lowest BCUT2D eigenvalue weighted by atomic mass is 10.1. The maximum atomic E-state index is 6.00. The van der Waals surface area contributed by atoms with Gasteiger partial charge in [-0.25, -0.2) is 15.0 Å². The molecule has 1 aromatic carbocycles. The van der Waals surface area contributed by atoms with Gasteiger partial charge in [0.25, 0.3) is 0 Å². The molecular weight excluding hydrogens is 318 g/mol. The van der Waals surface area contributed by atoms with E-state index in [0.29, 0.717) is 24.9 Å². The predicted molar refractivity (Wildman–Crippen MR) is 94.1 cm³/mol. The summed E-state index contributed by atoms with van der Waals surface area (Å²) in [6.07, 6.45) is 5.41. The molecule has 0 radical (unpaired) electrons. The average Bonchev–Trinajstić information content (AvgIpc) is 3.15. The van der Waals surface area contributed by atoms with Gasteiger partial charge in [-0.1, -0.05) is 24.3 Å². The minimum atomic E-state index is 0.310. The van der Waals surface area contributed by atoms with E-state index < -0.39 is 0 Å². The van der Waals surface area contributed by atoms with E-state index in [9.17, 15) is 0 Å². The lowest BCUT2D eigenvalue weighted by Crippen LogP contribution is -2.23. The van der Waals surface area contributed by atoms with Crippen molar-refractivity contribution in [1.82, 2.24) is 19.9 Å². The molecule has 0 bridgehead atoms. The normalized spacial score (nSPS) is 15.5. The number of aromatic amines is 1. The Balaban J connectivity index is 1.37. The second kappa shape index (κ2) is 7.58. The molecule has 2 N–H and O–H groups in total. The fraction of sp³-hybridized carbons (Fsp3) is 0.389. The van der Waals surface area contributed by atoms with Gasteiger partial charge in [0.1, 0.15) is 11.8 Å². The minimum Gasteiger partial charge on any atom is -0.381 e. The smallest absolute Gasteiger partial charge is 0.182 e. The van der Waals surface area contributed by atoms with Gasteiger partial charge in [0.2, 0.25) is 0 Å². The summed E-state index contributed by atoms with van der Waals surface area (Å²) in [4.78, 5) is 15.6. The molecule has 1 fully saturated rings. The van der Waals surface area contributed by atoms with Crippen molar-refractivity contribution in [3.05, 3.63) is 48.0 Å². The molecule has 7 nitrogen and oxygen atoms in total. The first-order valence-corrected chi connectivity index (χ1v) is 8.53. The highest BCUT2D eigenvalue weighted by atomic mass is 16.5. The maximum absolute atomic E-state index is 6.00. The van der Waals surface area contributed by atoms with Crippen molar-refractivity contribution < 1.29 is 9.47 Å². The van der Waals surface area contributed by atoms with Crippen LogP contribution in [0.5, 0.6) is 0 Å². The first-order chi connectivity index (χ1) is 12.4. The summed E-state index contributed by atoms with van der Waals surface area (Å²) in [6.45, 7) is 2.91. The molecule has 0 amide bonds. The number of ether oxygens (including phenoxy) is 2. The number of H-pyrrole nitrogens is 1. The minimum absolute atomic E-state index is 0.310. The van der Waals surface area contributed by atoms with Gasteiger partial charge in [0.05, 0.1) is 19.0 Å². The van der Waals surface area contributed by atoms with Crippen LogP contribution in [0.3, 0.4) is 0 Å². The fourth-order valence-corrected chi connectivity index (χ4v) is 2.97. The van der Waals surface area contributed by atoms with E-state index >= 15 is 0 Å². The number of nitrogens with zero attached hydrogens (tertiary/aromatic N) is 3. The third-order valence-corrected chi connectivity index (χ3v) is 4.33. The number of hydrogen-bond donors (Lipinski definition) is 2. The number of benzene rings is 1. The molecule has 1 aliphatic rings. The monoisotopic (exact) mass is 339 g/mol. The second-order valence-electron chi connectivity index (χ2n) is 6.12. The van der Waals surface area contributed by atoms with Crippen molar-refractivity contribution in [2.45, 2.75) is 32.1 Å². The van der Waals surface area contributed by atoms with Crippen LogP contribution < -0.4 is 5.32 Å². The van der Waals surface area contributed by atoms with Gasteiger partial charge >= 0.3 is 0 Å². The largest absolute Gasteiger partial charge is 0.381 e. The maximum Gasteiger partial charge on any atom is 0.182 e. The van der Waals surface area contributed by atoms with Crippen LogP contribution in [0.2, 0.25) is 0 Å². The third kappa shape index (κ3) is 3.94. The number of anilines is 1. The first kappa shape index (κ1) is 16.0. The van der Waals surface area contributed by atoms with E-state index in [0.717, 1.165) is 37.4 Å². The molecular formula is C18H21N5O2. The van der Waals surface area contributed by atoms with Crippen LogP contribution in [0.25, 0.3) is 11.2 Å².